The maximum atomic E-state index is 13.4. The molecular formula is C18H17ClF3NO4S. The Morgan fingerprint density at radius 1 is 1.18 bits per heavy atom. The minimum absolute atomic E-state index is 0.260. The van der Waals surface area contributed by atoms with E-state index >= 15 is 0 Å². The van der Waals surface area contributed by atoms with Gasteiger partial charge in [-0.05, 0) is 36.2 Å². The molecule has 0 atom stereocenters. The minimum atomic E-state index is -4.95. The molecule has 5 nitrogen and oxygen atoms in total. The fourth-order valence-corrected chi connectivity index (χ4v) is 4.23. The van der Waals surface area contributed by atoms with E-state index in [2.05, 4.69) is 4.74 Å². The number of hydrogen-bond donors (Lipinski definition) is 0. The van der Waals surface area contributed by atoms with Crippen molar-refractivity contribution in [2.45, 2.75) is 24.5 Å². The number of nitrogens with zero attached hydrogens (tertiary/aromatic N) is 1. The van der Waals surface area contributed by atoms with Gasteiger partial charge in [0.25, 0.3) is 0 Å². The first-order valence-corrected chi connectivity index (χ1v) is 9.77. The first kappa shape index (κ1) is 22.2. The van der Waals surface area contributed by atoms with Crippen molar-refractivity contribution in [1.82, 2.24) is 4.31 Å². The summed E-state index contributed by atoms with van der Waals surface area (Å²) in [5.74, 6) is -0.903. The van der Waals surface area contributed by atoms with Gasteiger partial charge in [-0.2, -0.15) is 17.5 Å². The summed E-state index contributed by atoms with van der Waals surface area (Å²) in [6.45, 7) is 0.679. The maximum Gasteiger partial charge on any atom is 0.417 e. The number of ether oxygens (including phenoxy) is 1. The van der Waals surface area contributed by atoms with Crippen LogP contribution in [0, 0.1) is 6.92 Å². The van der Waals surface area contributed by atoms with Crippen LogP contribution < -0.4 is 0 Å². The molecule has 2 aromatic rings. The van der Waals surface area contributed by atoms with Crippen LogP contribution in [-0.2, 0) is 32.3 Å². The van der Waals surface area contributed by atoms with Crippen molar-refractivity contribution in [3.63, 3.8) is 0 Å². The van der Waals surface area contributed by atoms with Gasteiger partial charge in [0.05, 0.1) is 17.6 Å². The van der Waals surface area contributed by atoms with Gasteiger partial charge in [-0.15, -0.1) is 0 Å². The highest BCUT2D eigenvalue weighted by molar-refractivity contribution is 7.89. The predicted molar refractivity (Wildman–Crippen MR) is 97.2 cm³/mol. The number of benzene rings is 2. The molecule has 0 unspecified atom stereocenters. The highest BCUT2D eigenvalue weighted by Gasteiger charge is 2.40. The second-order valence-electron chi connectivity index (χ2n) is 5.91. The molecule has 0 radical (unpaired) electrons. The van der Waals surface area contributed by atoms with Crippen molar-refractivity contribution in [3.05, 3.63) is 64.2 Å². The molecule has 0 amide bonds. The highest BCUT2D eigenvalue weighted by atomic mass is 35.5. The number of halogens is 4. The summed E-state index contributed by atoms with van der Waals surface area (Å²) in [7, 11) is -3.64. The van der Waals surface area contributed by atoms with Gasteiger partial charge in [0.15, 0.2) is 0 Å². The molecule has 0 aliphatic rings. The molecule has 0 N–H and O–H groups in total. The number of carbonyl (C=O) groups excluding carboxylic acids is 1. The molecule has 10 heteroatoms. The Morgan fingerprint density at radius 3 is 2.39 bits per heavy atom. The van der Waals surface area contributed by atoms with Gasteiger partial charge < -0.3 is 4.74 Å². The zero-order valence-corrected chi connectivity index (χ0v) is 16.5. The Morgan fingerprint density at radius 2 is 1.82 bits per heavy atom. The van der Waals surface area contributed by atoms with Gasteiger partial charge in [-0.3, -0.25) is 4.79 Å². The van der Waals surface area contributed by atoms with Crippen LogP contribution in [-0.4, -0.2) is 32.3 Å². The molecule has 152 valence electrons. The second-order valence-corrected chi connectivity index (χ2v) is 8.26. The number of carbonyl (C=O) groups is 1. The third-order valence-corrected chi connectivity index (χ3v) is 6.09. The van der Waals surface area contributed by atoms with Gasteiger partial charge in [0, 0.05) is 11.6 Å². The number of sulfonamides is 1. The molecule has 0 saturated heterocycles. The van der Waals surface area contributed by atoms with Crippen LogP contribution in [0.15, 0.2) is 47.4 Å². The first-order chi connectivity index (χ1) is 13.0. The normalized spacial score (nSPS) is 12.2. The minimum Gasteiger partial charge on any atom is -0.468 e. The number of esters is 1. The molecule has 0 bridgehead atoms. The van der Waals surface area contributed by atoms with E-state index in [9.17, 15) is 26.4 Å². The first-order valence-electron chi connectivity index (χ1n) is 7.95. The molecule has 0 spiro atoms. The molecular weight excluding hydrogens is 419 g/mol. The summed E-state index contributed by atoms with van der Waals surface area (Å²) in [5, 5.41) is -0.260. The number of methoxy groups -OCH3 is 1. The SMILES string of the molecule is COC(=O)CN(Cc1ccccc1C)S(=O)(=O)c1ccc(Cl)cc1C(F)(F)F. The standard InChI is InChI=1S/C18H17ClF3NO4S/c1-12-5-3-4-6-13(12)10-23(11-17(24)27-2)28(25,26)16-8-7-14(19)9-15(16)18(20,21)22/h3-9H,10-11H2,1-2H3. The number of alkyl halides is 3. The molecule has 0 heterocycles. The summed E-state index contributed by atoms with van der Waals surface area (Å²) in [5.41, 5.74) is -0.142. The van der Waals surface area contributed by atoms with E-state index in [4.69, 9.17) is 11.6 Å². The Balaban J connectivity index is 2.59. The van der Waals surface area contributed by atoms with Crippen molar-refractivity contribution in [2.75, 3.05) is 13.7 Å². The number of aryl methyl sites for hydroxylation is 1. The van der Waals surface area contributed by atoms with E-state index in [1.54, 1.807) is 31.2 Å². The molecule has 0 fully saturated rings. The average Bonchev–Trinajstić information content (AvgIpc) is 2.61. The van der Waals surface area contributed by atoms with Gasteiger partial charge in [0.1, 0.15) is 6.54 Å². The lowest BCUT2D eigenvalue weighted by Gasteiger charge is -2.24. The van der Waals surface area contributed by atoms with Crippen LogP contribution in [0.25, 0.3) is 0 Å². The highest BCUT2D eigenvalue weighted by Crippen LogP contribution is 2.37. The Labute approximate surface area is 165 Å². The van der Waals surface area contributed by atoms with Gasteiger partial charge in [-0.1, -0.05) is 35.9 Å². The van der Waals surface area contributed by atoms with Crippen LogP contribution in [0.3, 0.4) is 0 Å². The van der Waals surface area contributed by atoms with Crippen molar-refractivity contribution >= 4 is 27.6 Å². The third kappa shape index (κ3) is 5.03. The van der Waals surface area contributed by atoms with Crippen molar-refractivity contribution in [2.24, 2.45) is 0 Å². The average molecular weight is 436 g/mol. The van der Waals surface area contributed by atoms with Crippen LogP contribution in [0.5, 0.6) is 0 Å². The van der Waals surface area contributed by atoms with E-state index in [0.717, 1.165) is 24.8 Å². The quantitative estimate of drug-likeness (QED) is 0.643. The fourth-order valence-electron chi connectivity index (χ4n) is 2.50. The summed E-state index contributed by atoms with van der Waals surface area (Å²) < 4.78 is 71.5. The van der Waals surface area contributed by atoms with Crippen molar-refractivity contribution < 1.29 is 31.1 Å². The molecule has 0 aliphatic carbocycles. The van der Waals surface area contributed by atoms with E-state index in [0.29, 0.717) is 15.9 Å². The lowest BCUT2D eigenvalue weighted by Crippen LogP contribution is -2.37. The predicted octanol–water partition coefficient (Wildman–Crippen LogP) is 4.03. The lowest BCUT2D eigenvalue weighted by molar-refractivity contribution is -0.140. The lowest BCUT2D eigenvalue weighted by atomic mass is 10.1. The number of hydrogen-bond acceptors (Lipinski definition) is 4. The topological polar surface area (TPSA) is 63.7 Å². The monoisotopic (exact) mass is 435 g/mol. The van der Waals surface area contributed by atoms with E-state index in [-0.39, 0.29) is 11.6 Å². The second kappa shape index (κ2) is 8.50. The zero-order chi connectivity index (χ0) is 21.1. The van der Waals surface area contributed by atoms with E-state index < -0.39 is 39.2 Å². The number of rotatable bonds is 6. The van der Waals surface area contributed by atoms with Crippen LogP contribution in [0.1, 0.15) is 16.7 Å². The zero-order valence-electron chi connectivity index (χ0n) is 15.0. The summed E-state index contributed by atoms with van der Waals surface area (Å²) in [6, 6.07) is 9.12. The molecule has 28 heavy (non-hydrogen) atoms. The third-order valence-electron chi connectivity index (χ3n) is 4.01. The van der Waals surface area contributed by atoms with Crippen molar-refractivity contribution in [3.8, 4) is 0 Å². The smallest absolute Gasteiger partial charge is 0.417 e. The Hall–Kier alpha value is -2.10. The van der Waals surface area contributed by atoms with Crippen LogP contribution in [0.4, 0.5) is 13.2 Å². The molecule has 2 aromatic carbocycles. The maximum absolute atomic E-state index is 13.4. The van der Waals surface area contributed by atoms with Crippen LogP contribution in [0.2, 0.25) is 5.02 Å². The summed E-state index contributed by atoms with van der Waals surface area (Å²) in [4.78, 5) is 10.8. The Kier molecular flexibility index (Phi) is 6.74. The Bertz CT molecular complexity index is 977. The summed E-state index contributed by atoms with van der Waals surface area (Å²) in [6.07, 6.45) is -4.95. The molecule has 0 saturated carbocycles. The van der Waals surface area contributed by atoms with Gasteiger partial charge in [0.2, 0.25) is 10.0 Å². The van der Waals surface area contributed by atoms with Gasteiger partial charge in [-0.25, -0.2) is 8.42 Å². The molecule has 2 rings (SSSR count). The van der Waals surface area contributed by atoms with E-state index in [1.807, 2.05) is 0 Å². The van der Waals surface area contributed by atoms with Crippen LogP contribution >= 0.6 is 11.6 Å². The van der Waals surface area contributed by atoms with E-state index in [1.165, 1.54) is 0 Å². The fraction of sp³-hybridized carbons (Fsp3) is 0.278. The summed E-state index contributed by atoms with van der Waals surface area (Å²) >= 11 is 5.63. The molecule has 0 aromatic heterocycles. The molecule has 0 aliphatic heterocycles. The largest absolute Gasteiger partial charge is 0.468 e. The van der Waals surface area contributed by atoms with Crippen molar-refractivity contribution in [1.29, 1.82) is 0 Å². The van der Waals surface area contributed by atoms with Gasteiger partial charge >= 0.3 is 12.1 Å².